The molecule has 5 nitrogen and oxygen atoms in total. The van der Waals surface area contributed by atoms with Gasteiger partial charge in [-0.2, -0.15) is 18.2 Å². The van der Waals surface area contributed by atoms with Crippen molar-refractivity contribution in [3.05, 3.63) is 22.8 Å². The van der Waals surface area contributed by atoms with Crippen molar-refractivity contribution in [2.24, 2.45) is 0 Å². The Bertz CT molecular complexity index is 557. The number of alkyl halides is 3. The highest BCUT2D eigenvalue weighted by molar-refractivity contribution is 9.10. The van der Waals surface area contributed by atoms with Crippen LogP contribution in [0.3, 0.4) is 0 Å². The Morgan fingerprint density at radius 1 is 1.42 bits per heavy atom. The highest BCUT2D eigenvalue weighted by atomic mass is 79.9. The number of nitrogens with one attached hydrogen (secondary N) is 1. The van der Waals surface area contributed by atoms with Crippen molar-refractivity contribution in [3.8, 4) is 0 Å². The maximum atomic E-state index is 11.8. The average molecular weight is 339 g/mol. The first-order valence-electron chi connectivity index (χ1n) is 5.35. The van der Waals surface area contributed by atoms with E-state index in [-0.39, 0.29) is 13.2 Å². The van der Waals surface area contributed by atoms with Gasteiger partial charge in [0.1, 0.15) is 6.61 Å². The van der Waals surface area contributed by atoms with E-state index in [4.69, 9.17) is 0 Å². The predicted octanol–water partition coefficient (Wildman–Crippen LogP) is 2.48. The molecule has 104 valence electrons. The number of aromatic nitrogens is 3. The molecule has 0 fully saturated rings. The molecule has 2 heterocycles. The third-order valence-corrected chi connectivity index (χ3v) is 2.73. The molecule has 0 saturated heterocycles. The Hall–Kier alpha value is -1.35. The lowest BCUT2D eigenvalue weighted by Gasteiger charge is -2.07. The quantitative estimate of drug-likeness (QED) is 0.851. The maximum absolute atomic E-state index is 11.8. The Morgan fingerprint density at radius 2 is 2.21 bits per heavy atom. The smallest absolute Gasteiger partial charge is 0.370 e. The van der Waals surface area contributed by atoms with Crippen LogP contribution in [0.1, 0.15) is 0 Å². The first kappa shape index (κ1) is 14.1. The molecule has 2 rings (SSSR count). The summed E-state index contributed by atoms with van der Waals surface area (Å²) in [6, 6.07) is 3.61. The summed E-state index contributed by atoms with van der Waals surface area (Å²) in [7, 11) is 0. The third-order valence-electron chi connectivity index (χ3n) is 2.11. The van der Waals surface area contributed by atoms with Crippen molar-refractivity contribution in [3.63, 3.8) is 0 Å². The van der Waals surface area contributed by atoms with E-state index in [0.717, 1.165) is 4.47 Å². The Labute approximate surface area is 114 Å². The first-order valence-corrected chi connectivity index (χ1v) is 6.14. The van der Waals surface area contributed by atoms with Crippen LogP contribution in [0.15, 0.2) is 22.8 Å². The zero-order chi connectivity index (χ0) is 13.9. The molecule has 0 radical (unpaired) electrons. The van der Waals surface area contributed by atoms with Crippen LogP contribution >= 0.6 is 15.9 Å². The second kappa shape index (κ2) is 5.74. The topological polar surface area (TPSA) is 51.5 Å². The Kier molecular flexibility index (Phi) is 4.25. The molecule has 0 atom stereocenters. The van der Waals surface area contributed by atoms with Crippen LogP contribution in [0.2, 0.25) is 0 Å². The van der Waals surface area contributed by atoms with Gasteiger partial charge in [-0.15, -0.1) is 5.10 Å². The van der Waals surface area contributed by atoms with Crippen LogP contribution in [0.4, 0.5) is 19.1 Å². The summed E-state index contributed by atoms with van der Waals surface area (Å²) in [5.74, 6) is 0.336. The van der Waals surface area contributed by atoms with Crippen molar-refractivity contribution in [1.29, 1.82) is 0 Å². The largest absolute Gasteiger partial charge is 0.411 e. The number of halogens is 4. The normalized spacial score (nSPS) is 12.0. The molecule has 0 amide bonds. The molecule has 1 N–H and O–H groups in total. The first-order chi connectivity index (χ1) is 8.96. The van der Waals surface area contributed by atoms with E-state index in [1.807, 2.05) is 6.07 Å². The van der Waals surface area contributed by atoms with E-state index < -0.39 is 12.8 Å². The zero-order valence-corrected chi connectivity index (χ0v) is 11.2. The number of anilines is 1. The fraction of sp³-hybridized carbons (Fsp3) is 0.400. The van der Waals surface area contributed by atoms with Crippen LogP contribution in [-0.4, -0.2) is 40.5 Å². The lowest BCUT2D eigenvalue weighted by Crippen LogP contribution is -2.20. The summed E-state index contributed by atoms with van der Waals surface area (Å²) < 4.78 is 42.2. The van der Waals surface area contributed by atoms with E-state index >= 15 is 0 Å². The van der Waals surface area contributed by atoms with Crippen LogP contribution in [-0.2, 0) is 4.74 Å². The monoisotopic (exact) mass is 338 g/mol. The average Bonchev–Trinajstić information content (AvgIpc) is 2.71. The van der Waals surface area contributed by atoms with Crippen LogP contribution in [0, 0.1) is 0 Å². The van der Waals surface area contributed by atoms with Crippen LogP contribution in [0.25, 0.3) is 5.65 Å². The molecule has 9 heteroatoms. The number of ether oxygens (including phenoxy) is 1. The molecule has 0 aromatic carbocycles. The van der Waals surface area contributed by atoms with Gasteiger partial charge in [0.25, 0.3) is 0 Å². The summed E-state index contributed by atoms with van der Waals surface area (Å²) in [6.07, 6.45) is -2.58. The fourth-order valence-corrected chi connectivity index (χ4v) is 1.79. The summed E-state index contributed by atoms with van der Waals surface area (Å²) in [4.78, 5) is 4.17. The maximum Gasteiger partial charge on any atom is 0.411 e. The second-order valence-electron chi connectivity index (χ2n) is 3.65. The summed E-state index contributed by atoms with van der Waals surface area (Å²) >= 11 is 3.32. The molecule has 0 saturated carbocycles. The van der Waals surface area contributed by atoms with Crippen molar-refractivity contribution in [1.82, 2.24) is 14.6 Å². The molecule has 0 spiro atoms. The lowest BCUT2D eigenvalue weighted by atomic mass is 10.5. The van der Waals surface area contributed by atoms with E-state index in [1.54, 1.807) is 16.8 Å². The van der Waals surface area contributed by atoms with Gasteiger partial charge >= 0.3 is 6.18 Å². The predicted molar refractivity (Wildman–Crippen MR) is 66.1 cm³/mol. The number of pyridine rings is 1. The molecule has 0 aliphatic carbocycles. The molecule has 0 aliphatic rings. The number of fused-ring (bicyclic) bond motifs is 1. The van der Waals surface area contributed by atoms with Crippen molar-refractivity contribution < 1.29 is 17.9 Å². The molecule has 0 unspecified atom stereocenters. The van der Waals surface area contributed by atoms with Gasteiger partial charge in [0.05, 0.1) is 11.1 Å². The van der Waals surface area contributed by atoms with E-state index in [1.165, 1.54) is 0 Å². The standard InChI is InChI=1S/C10H10BrF3N4O/c11-7-2-1-4-18-8(7)16-9(17-18)15-3-5-19-6-10(12,13)14/h1-2,4H,3,5-6H2,(H,15,17). The van der Waals surface area contributed by atoms with Crippen LogP contribution < -0.4 is 5.32 Å². The van der Waals surface area contributed by atoms with E-state index in [0.29, 0.717) is 11.6 Å². The van der Waals surface area contributed by atoms with Gasteiger partial charge in [-0.3, -0.25) is 0 Å². The minimum Gasteiger partial charge on any atom is -0.370 e. The summed E-state index contributed by atoms with van der Waals surface area (Å²) in [5.41, 5.74) is 0.626. The number of rotatable bonds is 5. The van der Waals surface area contributed by atoms with Gasteiger partial charge in [0, 0.05) is 12.7 Å². The van der Waals surface area contributed by atoms with Gasteiger partial charge in [-0.05, 0) is 28.1 Å². The van der Waals surface area contributed by atoms with E-state index in [2.05, 4.69) is 36.1 Å². The summed E-state index contributed by atoms with van der Waals surface area (Å²) in [5, 5.41) is 6.90. The Morgan fingerprint density at radius 3 is 2.89 bits per heavy atom. The molecule has 0 bridgehead atoms. The molecule has 0 aliphatic heterocycles. The van der Waals surface area contributed by atoms with Crippen LogP contribution in [0.5, 0.6) is 0 Å². The minimum atomic E-state index is -4.30. The number of hydrogen-bond donors (Lipinski definition) is 1. The highest BCUT2D eigenvalue weighted by Gasteiger charge is 2.27. The van der Waals surface area contributed by atoms with Crippen molar-refractivity contribution in [2.45, 2.75) is 6.18 Å². The molecular weight excluding hydrogens is 329 g/mol. The fourth-order valence-electron chi connectivity index (χ4n) is 1.37. The summed E-state index contributed by atoms with van der Waals surface area (Å²) in [6.45, 7) is -1.13. The van der Waals surface area contributed by atoms with Crippen molar-refractivity contribution >= 4 is 27.5 Å². The lowest BCUT2D eigenvalue weighted by molar-refractivity contribution is -0.172. The van der Waals surface area contributed by atoms with Gasteiger partial charge < -0.3 is 10.1 Å². The Balaban J connectivity index is 1.84. The molecule has 2 aromatic heterocycles. The molecule has 2 aromatic rings. The van der Waals surface area contributed by atoms with Crippen molar-refractivity contribution in [2.75, 3.05) is 25.1 Å². The van der Waals surface area contributed by atoms with E-state index in [9.17, 15) is 13.2 Å². The highest BCUT2D eigenvalue weighted by Crippen LogP contribution is 2.17. The van der Waals surface area contributed by atoms with Gasteiger partial charge in [0.2, 0.25) is 5.95 Å². The molecule has 19 heavy (non-hydrogen) atoms. The molecular formula is C10H10BrF3N4O. The number of nitrogens with zero attached hydrogens (tertiary/aromatic N) is 3. The zero-order valence-electron chi connectivity index (χ0n) is 9.62. The third kappa shape index (κ3) is 4.06. The van der Waals surface area contributed by atoms with Gasteiger partial charge in [0.15, 0.2) is 5.65 Å². The van der Waals surface area contributed by atoms with Gasteiger partial charge in [-0.1, -0.05) is 0 Å². The minimum absolute atomic E-state index is 0.0732. The second-order valence-corrected chi connectivity index (χ2v) is 4.51. The van der Waals surface area contributed by atoms with Gasteiger partial charge in [-0.25, -0.2) is 4.52 Å². The SMILES string of the molecule is FC(F)(F)COCCNc1nc2c(Br)cccn2n1. The number of hydrogen-bond acceptors (Lipinski definition) is 4.